The van der Waals surface area contributed by atoms with E-state index in [1.165, 1.54) is 5.56 Å². The van der Waals surface area contributed by atoms with Gasteiger partial charge >= 0.3 is 0 Å². The van der Waals surface area contributed by atoms with Crippen molar-refractivity contribution in [3.05, 3.63) is 22.2 Å². The van der Waals surface area contributed by atoms with E-state index < -0.39 is 0 Å². The molecular weight excluding hydrogens is 282 g/mol. The molecule has 0 fully saturated rings. The largest absolute Gasteiger partial charge is 0.493 e. The van der Waals surface area contributed by atoms with Gasteiger partial charge in [-0.25, -0.2) is 0 Å². The maximum Gasteiger partial charge on any atom is 0.162 e. The Bertz CT molecular complexity index is 356. The number of rotatable bonds is 7. The average molecular weight is 302 g/mol. The number of hydrogen-bond acceptors (Lipinski definition) is 3. The molecule has 0 unspecified atom stereocenters. The van der Waals surface area contributed by atoms with Crippen molar-refractivity contribution >= 4 is 15.9 Å². The molecule has 1 N–H and O–H groups in total. The van der Waals surface area contributed by atoms with Crippen LogP contribution in [0.4, 0.5) is 0 Å². The van der Waals surface area contributed by atoms with Crippen molar-refractivity contribution in [1.29, 1.82) is 0 Å². The summed E-state index contributed by atoms with van der Waals surface area (Å²) in [7, 11) is 1.66. The van der Waals surface area contributed by atoms with Gasteiger partial charge in [0.05, 0.1) is 13.7 Å². The summed E-state index contributed by atoms with van der Waals surface area (Å²) in [6, 6.07) is 3.98. The molecule has 3 nitrogen and oxygen atoms in total. The Morgan fingerprint density at radius 1 is 1.24 bits per heavy atom. The van der Waals surface area contributed by atoms with Crippen LogP contribution in [0.5, 0.6) is 11.5 Å². The first-order valence-corrected chi connectivity index (χ1v) is 6.72. The van der Waals surface area contributed by atoms with Crippen LogP contribution in [0, 0.1) is 0 Å². The molecule has 1 aromatic carbocycles. The predicted octanol–water partition coefficient (Wildman–Crippen LogP) is 3.36. The fraction of sp³-hybridized carbons (Fsp3) is 0.538. The van der Waals surface area contributed by atoms with Gasteiger partial charge in [-0.15, -0.1) is 0 Å². The minimum absolute atomic E-state index is 0.635. The van der Waals surface area contributed by atoms with Crippen LogP contribution in [-0.4, -0.2) is 20.3 Å². The van der Waals surface area contributed by atoms with Gasteiger partial charge in [-0.2, -0.15) is 0 Å². The van der Waals surface area contributed by atoms with Gasteiger partial charge in [0.15, 0.2) is 11.5 Å². The molecule has 1 aromatic rings. The minimum atomic E-state index is 0.635. The second-order valence-electron chi connectivity index (χ2n) is 3.70. The molecule has 0 aliphatic rings. The maximum atomic E-state index is 5.51. The maximum absolute atomic E-state index is 5.51. The summed E-state index contributed by atoms with van der Waals surface area (Å²) in [5.41, 5.74) is 1.18. The van der Waals surface area contributed by atoms with Crippen molar-refractivity contribution in [1.82, 2.24) is 5.32 Å². The molecule has 0 spiro atoms. The summed E-state index contributed by atoms with van der Waals surface area (Å²) in [4.78, 5) is 0. The number of nitrogens with one attached hydrogen (secondary N) is 1. The lowest BCUT2D eigenvalue weighted by molar-refractivity contribution is 0.310. The number of hydrogen-bond donors (Lipinski definition) is 1. The van der Waals surface area contributed by atoms with Gasteiger partial charge in [-0.1, -0.05) is 22.9 Å². The highest BCUT2D eigenvalue weighted by atomic mass is 79.9. The molecule has 0 aliphatic heterocycles. The average Bonchev–Trinajstić information content (AvgIpc) is 2.32. The topological polar surface area (TPSA) is 30.5 Å². The Labute approximate surface area is 112 Å². The molecule has 0 aliphatic carbocycles. The van der Waals surface area contributed by atoms with Crippen molar-refractivity contribution in [2.24, 2.45) is 0 Å². The summed E-state index contributed by atoms with van der Waals surface area (Å²) >= 11 is 3.56. The van der Waals surface area contributed by atoms with Crippen molar-refractivity contribution < 1.29 is 9.47 Å². The van der Waals surface area contributed by atoms with E-state index in [4.69, 9.17) is 9.47 Å². The molecule has 0 bridgehead atoms. The van der Waals surface area contributed by atoms with E-state index in [9.17, 15) is 0 Å². The van der Waals surface area contributed by atoms with E-state index in [0.29, 0.717) is 6.61 Å². The van der Waals surface area contributed by atoms with Crippen molar-refractivity contribution in [2.45, 2.75) is 26.8 Å². The molecule has 0 amide bonds. The summed E-state index contributed by atoms with van der Waals surface area (Å²) in [6.07, 6.45) is 1.13. The van der Waals surface area contributed by atoms with Crippen LogP contribution >= 0.6 is 15.9 Å². The van der Waals surface area contributed by atoms with Crippen molar-refractivity contribution in [3.63, 3.8) is 0 Å². The van der Waals surface area contributed by atoms with E-state index in [1.807, 2.05) is 19.1 Å². The highest BCUT2D eigenvalue weighted by Crippen LogP contribution is 2.33. The standard InChI is InChI=1S/C13H20BrNO2/c1-4-6-15-9-10-7-12(16-3)13(17-5-2)8-11(10)14/h7-8,15H,4-6,9H2,1-3H3. The fourth-order valence-electron chi connectivity index (χ4n) is 1.54. The summed E-state index contributed by atoms with van der Waals surface area (Å²) in [6.45, 7) is 6.60. The van der Waals surface area contributed by atoms with Gasteiger partial charge in [0.1, 0.15) is 0 Å². The highest BCUT2D eigenvalue weighted by molar-refractivity contribution is 9.10. The lowest BCUT2D eigenvalue weighted by Crippen LogP contribution is -2.14. The van der Waals surface area contributed by atoms with Crippen molar-refractivity contribution in [3.8, 4) is 11.5 Å². The molecule has 17 heavy (non-hydrogen) atoms. The van der Waals surface area contributed by atoms with Crippen LogP contribution in [0.25, 0.3) is 0 Å². The highest BCUT2D eigenvalue weighted by Gasteiger charge is 2.09. The second-order valence-corrected chi connectivity index (χ2v) is 4.56. The third-order valence-corrected chi connectivity index (χ3v) is 3.11. The van der Waals surface area contributed by atoms with Crippen LogP contribution in [-0.2, 0) is 6.54 Å². The number of methoxy groups -OCH3 is 1. The molecule has 96 valence electrons. The van der Waals surface area contributed by atoms with E-state index in [1.54, 1.807) is 7.11 Å². The Morgan fingerprint density at radius 3 is 2.59 bits per heavy atom. The summed E-state index contributed by atoms with van der Waals surface area (Å²) < 4.78 is 11.9. The zero-order chi connectivity index (χ0) is 12.7. The molecule has 0 radical (unpaired) electrons. The van der Waals surface area contributed by atoms with E-state index in [0.717, 1.165) is 35.5 Å². The molecule has 1 rings (SSSR count). The van der Waals surface area contributed by atoms with Crippen molar-refractivity contribution in [2.75, 3.05) is 20.3 Å². The first-order chi connectivity index (χ1) is 8.22. The van der Waals surface area contributed by atoms with E-state index >= 15 is 0 Å². The van der Waals surface area contributed by atoms with Crippen LogP contribution in [0.3, 0.4) is 0 Å². The first kappa shape index (κ1) is 14.3. The molecule has 0 heterocycles. The lowest BCUT2D eigenvalue weighted by atomic mass is 10.2. The monoisotopic (exact) mass is 301 g/mol. The molecule has 0 saturated heterocycles. The smallest absolute Gasteiger partial charge is 0.162 e. The SMILES string of the molecule is CCCNCc1cc(OC)c(OCC)cc1Br. The Morgan fingerprint density at radius 2 is 2.00 bits per heavy atom. The van der Waals surface area contributed by atoms with Gasteiger partial charge in [0.2, 0.25) is 0 Å². The first-order valence-electron chi connectivity index (χ1n) is 5.92. The number of halogens is 1. The van der Waals surface area contributed by atoms with Gasteiger partial charge in [-0.05, 0) is 37.6 Å². The minimum Gasteiger partial charge on any atom is -0.493 e. The Kier molecular flexibility index (Phi) is 6.37. The molecule has 0 aromatic heterocycles. The zero-order valence-corrected chi connectivity index (χ0v) is 12.3. The molecule has 0 atom stereocenters. The molecule has 0 saturated carbocycles. The quantitative estimate of drug-likeness (QED) is 0.784. The second kappa shape index (κ2) is 7.56. The number of benzene rings is 1. The molecular formula is C13H20BrNO2. The van der Waals surface area contributed by atoms with Crippen LogP contribution in [0.15, 0.2) is 16.6 Å². The third-order valence-electron chi connectivity index (χ3n) is 2.37. The lowest BCUT2D eigenvalue weighted by Gasteiger charge is -2.13. The summed E-state index contributed by atoms with van der Waals surface area (Å²) in [5.74, 6) is 1.56. The summed E-state index contributed by atoms with van der Waals surface area (Å²) in [5, 5.41) is 3.37. The predicted molar refractivity (Wildman–Crippen MR) is 73.9 cm³/mol. The van der Waals surface area contributed by atoms with Gasteiger partial charge in [0.25, 0.3) is 0 Å². The van der Waals surface area contributed by atoms with Crippen LogP contribution in [0.2, 0.25) is 0 Å². The van der Waals surface area contributed by atoms with Gasteiger partial charge < -0.3 is 14.8 Å². The fourth-order valence-corrected chi connectivity index (χ4v) is 2.00. The van der Waals surface area contributed by atoms with Gasteiger partial charge in [0, 0.05) is 11.0 Å². The molecule has 4 heteroatoms. The third kappa shape index (κ3) is 4.21. The van der Waals surface area contributed by atoms with Crippen LogP contribution in [0.1, 0.15) is 25.8 Å². The zero-order valence-electron chi connectivity index (χ0n) is 10.7. The van der Waals surface area contributed by atoms with E-state index in [2.05, 4.69) is 28.2 Å². The van der Waals surface area contributed by atoms with Gasteiger partial charge in [-0.3, -0.25) is 0 Å². The Balaban J connectivity index is 2.84. The van der Waals surface area contributed by atoms with Crippen LogP contribution < -0.4 is 14.8 Å². The number of ether oxygens (including phenoxy) is 2. The van der Waals surface area contributed by atoms with E-state index in [-0.39, 0.29) is 0 Å². The Hall–Kier alpha value is -0.740. The normalized spacial score (nSPS) is 10.4.